The van der Waals surface area contributed by atoms with Crippen molar-refractivity contribution in [2.75, 3.05) is 20.3 Å². The summed E-state index contributed by atoms with van der Waals surface area (Å²) in [5, 5.41) is 5.74. The van der Waals surface area contributed by atoms with Crippen LogP contribution in [0.3, 0.4) is 0 Å². The number of aromatic amines is 1. The van der Waals surface area contributed by atoms with Crippen LogP contribution >= 0.6 is 11.6 Å². The van der Waals surface area contributed by atoms with E-state index >= 15 is 0 Å². The number of benzene rings is 1. The number of hydrogen-bond acceptors (Lipinski definition) is 3. The van der Waals surface area contributed by atoms with Gasteiger partial charge in [0.1, 0.15) is 5.69 Å². The van der Waals surface area contributed by atoms with Gasteiger partial charge in [-0.3, -0.25) is 9.48 Å². The highest BCUT2D eigenvalue weighted by molar-refractivity contribution is 6.35. The lowest BCUT2D eigenvalue weighted by molar-refractivity contribution is 0.0675. The number of fused-ring (bicyclic) bond motifs is 1. The zero-order valence-electron chi connectivity index (χ0n) is 14.3. The molecule has 0 aliphatic carbocycles. The lowest BCUT2D eigenvalue weighted by Crippen LogP contribution is -2.33. The van der Waals surface area contributed by atoms with Crippen molar-refractivity contribution in [2.45, 2.75) is 20.0 Å². The second-order valence-electron chi connectivity index (χ2n) is 5.81. The van der Waals surface area contributed by atoms with Gasteiger partial charge in [0, 0.05) is 54.4 Å². The number of carbonyl (C=O) groups is 1. The smallest absolute Gasteiger partial charge is 0.270 e. The summed E-state index contributed by atoms with van der Waals surface area (Å²) in [6, 6.07) is 7.38. The van der Waals surface area contributed by atoms with Gasteiger partial charge in [0.2, 0.25) is 0 Å². The summed E-state index contributed by atoms with van der Waals surface area (Å²) in [6.07, 6.45) is 3.74. The molecule has 0 atom stereocenters. The predicted octanol–water partition coefficient (Wildman–Crippen LogP) is 3.33. The second-order valence-corrected chi connectivity index (χ2v) is 6.22. The first-order valence-electron chi connectivity index (χ1n) is 8.19. The highest BCUT2D eigenvalue weighted by Gasteiger charge is 2.19. The SMILES string of the molecule is CCn1cc(CN(CCOC)C(=O)c2cc3c(Cl)cccc3[nH]2)cn1. The van der Waals surface area contributed by atoms with E-state index in [1.54, 1.807) is 24.3 Å². The van der Waals surface area contributed by atoms with Crippen LogP contribution in [-0.2, 0) is 17.8 Å². The number of aryl methyl sites for hydroxylation is 1. The number of H-pyrrole nitrogens is 1. The van der Waals surface area contributed by atoms with Gasteiger partial charge in [0.15, 0.2) is 0 Å². The first-order valence-corrected chi connectivity index (χ1v) is 8.57. The number of carbonyl (C=O) groups excluding carboxylic acids is 1. The van der Waals surface area contributed by atoms with Gasteiger partial charge in [-0.15, -0.1) is 0 Å². The van der Waals surface area contributed by atoms with Crippen LogP contribution in [-0.4, -0.2) is 45.8 Å². The molecule has 1 N–H and O–H groups in total. The molecule has 0 saturated heterocycles. The average Bonchev–Trinajstić information content (AvgIpc) is 3.25. The number of methoxy groups -OCH3 is 1. The van der Waals surface area contributed by atoms with Gasteiger partial charge in [-0.2, -0.15) is 5.10 Å². The summed E-state index contributed by atoms with van der Waals surface area (Å²) in [7, 11) is 1.63. The molecule has 132 valence electrons. The van der Waals surface area contributed by atoms with Crippen LogP contribution in [0.5, 0.6) is 0 Å². The fourth-order valence-electron chi connectivity index (χ4n) is 2.74. The summed E-state index contributed by atoms with van der Waals surface area (Å²) >= 11 is 6.21. The molecule has 3 aromatic rings. The standard InChI is InChI=1S/C18H21ClN4O2/c1-3-23-12-13(10-20-23)11-22(7-8-25-2)18(24)17-9-14-15(19)5-4-6-16(14)21-17/h4-6,9-10,12,21H,3,7-8,11H2,1-2H3. The highest BCUT2D eigenvalue weighted by Crippen LogP contribution is 2.24. The van der Waals surface area contributed by atoms with Crippen molar-refractivity contribution in [1.29, 1.82) is 0 Å². The fraction of sp³-hybridized carbons (Fsp3) is 0.333. The van der Waals surface area contributed by atoms with Crippen molar-refractivity contribution in [3.8, 4) is 0 Å². The molecule has 0 fully saturated rings. The minimum atomic E-state index is -0.0893. The van der Waals surface area contributed by atoms with Crippen molar-refractivity contribution in [3.63, 3.8) is 0 Å². The van der Waals surface area contributed by atoms with Gasteiger partial charge in [0.25, 0.3) is 5.91 Å². The minimum absolute atomic E-state index is 0.0893. The predicted molar refractivity (Wildman–Crippen MR) is 97.8 cm³/mol. The molecule has 25 heavy (non-hydrogen) atoms. The Kier molecular flexibility index (Phi) is 5.40. The maximum atomic E-state index is 13.0. The van der Waals surface area contributed by atoms with Crippen LogP contribution < -0.4 is 0 Å². The number of rotatable bonds is 7. The van der Waals surface area contributed by atoms with Gasteiger partial charge in [-0.25, -0.2) is 0 Å². The van der Waals surface area contributed by atoms with Crippen LogP contribution in [0.25, 0.3) is 10.9 Å². The molecule has 0 aliphatic rings. The Bertz CT molecular complexity index is 871. The molecule has 7 heteroatoms. The first-order chi connectivity index (χ1) is 12.1. The fourth-order valence-corrected chi connectivity index (χ4v) is 2.97. The summed E-state index contributed by atoms with van der Waals surface area (Å²) < 4.78 is 7.00. The van der Waals surface area contributed by atoms with Crippen LogP contribution in [0, 0.1) is 0 Å². The van der Waals surface area contributed by atoms with Crippen molar-refractivity contribution in [1.82, 2.24) is 19.7 Å². The summed E-state index contributed by atoms with van der Waals surface area (Å²) in [6.45, 7) is 4.26. The van der Waals surface area contributed by atoms with E-state index in [9.17, 15) is 4.79 Å². The monoisotopic (exact) mass is 360 g/mol. The van der Waals surface area contributed by atoms with Crippen LogP contribution in [0.2, 0.25) is 5.02 Å². The minimum Gasteiger partial charge on any atom is -0.383 e. The molecular formula is C18H21ClN4O2. The van der Waals surface area contributed by atoms with E-state index in [1.165, 1.54) is 0 Å². The van der Waals surface area contributed by atoms with E-state index in [1.807, 2.05) is 36.0 Å². The Labute approximate surface area is 151 Å². The Morgan fingerprint density at radius 2 is 2.28 bits per heavy atom. The Hall–Kier alpha value is -2.31. The van der Waals surface area contributed by atoms with Gasteiger partial charge < -0.3 is 14.6 Å². The number of halogens is 1. The lowest BCUT2D eigenvalue weighted by Gasteiger charge is -2.21. The normalized spacial score (nSPS) is 11.2. The lowest BCUT2D eigenvalue weighted by atomic mass is 10.2. The van der Waals surface area contributed by atoms with Crippen LogP contribution in [0.15, 0.2) is 36.7 Å². The number of nitrogens with zero attached hydrogens (tertiary/aromatic N) is 3. The largest absolute Gasteiger partial charge is 0.383 e. The average molecular weight is 361 g/mol. The number of ether oxygens (including phenoxy) is 1. The molecule has 2 aromatic heterocycles. The van der Waals surface area contributed by atoms with Crippen molar-refractivity contribution < 1.29 is 9.53 Å². The summed E-state index contributed by atoms with van der Waals surface area (Å²) in [5.74, 6) is -0.0893. The van der Waals surface area contributed by atoms with Crippen LogP contribution in [0.1, 0.15) is 23.0 Å². The molecular weight excluding hydrogens is 340 g/mol. The number of nitrogens with one attached hydrogen (secondary N) is 1. The molecule has 0 saturated carbocycles. The topological polar surface area (TPSA) is 63.1 Å². The van der Waals surface area contributed by atoms with Crippen molar-refractivity contribution >= 4 is 28.4 Å². The van der Waals surface area contributed by atoms with Gasteiger partial charge >= 0.3 is 0 Å². The maximum absolute atomic E-state index is 13.0. The van der Waals surface area contributed by atoms with Gasteiger partial charge in [-0.05, 0) is 25.1 Å². The van der Waals surface area contributed by atoms with E-state index in [0.29, 0.717) is 30.4 Å². The highest BCUT2D eigenvalue weighted by atomic mass is 35.5. The van der Waals surface area contributed by atoms with E-state index in [0.717, 1.165) is 23.0 Å². The summed E-state index contributed by atoms with van der Waals surface area (Å²) in [4.78, 5) is 17.9. The molecule has 3 rings (SSSR count). The van der Waals surface area contributed by atoms with Crippen LogP contribution in [0.4, 0.5) is 0 Å². The quantitative estimate of drug-likeness (QED) is 0.703. The molecule has 0 unspecified atom stereocenters. The Balaban J connectivity index is 1.85. The van der Waals surface area contributed by atoms with E-state index in [2.05, 4.69) is 10.1 Å². The number of hydrogen-bond donors (Lipinski definition) is 1. The Morgan fingerprint density at radius 1 is 1.44 bits per heavy atom. The van der Waals surface area contributed by atoms with Crippen molar-refractivity contribution in [2.24, 2.45) is 0 Å². The maximum Gasteiger partial charge on any atom is 0.270 e. The van der Waals surface area contributed by atoms with Crippen molar-refractivity contribution in [3.05, 3.63) is 52.9 Å². The third-order valence-electron chi connectivity index (χ3n) is 4.08. The third kappa shape index (κ3) is 3.86. The third-order valence-corrected chi connectivity index (χ3v) is 4.41. The van der Waals surface area contributed by atoms with E-state index in [-0.39, 0.29) is 5.91 Å². The molecule has 0 bridgehead atoms. The second kappa shape index (κ2) is 7.72. The molecule has 2 heterocycles. The molecule has 1 aromatic carbocycles. The molecule has 0 aliphatic heterocycles. The van der Waals surface area contributed by atoms with Gasteiger partial charge in [-0.1, -0.05) is 17.7 Å². The molecule has 0 spiro atoms. The number of amides is 1. The van der Waals surface area contributed by atoms with E-state index in [4.69, 9.17) is 16.3 Å². The first kappa shape index (κ1) is 17.5. The van der Waals surface area contributed by atoms with Gasteiger partial charge in [0.05, 0.1) is 12.8 Å². The molecule has 1 amide bonds. The zero-order valence-corrected chi connectivity index (χ0v) is 15.1. The molecule has 6 nitrogen and oxygen atoms in total. The van der Waals surface area contributed by atoms with E-state index < -0.39 is 0 Å². The number of aromatic nitrogens is 3. The zero-order chi connectivity index (χ0) is 17.8. The summed E-state index contributed by atoms with van der Waals surface area (Å²) in [5.41, 5.74) is 2.35. The Morgan fingerprint density at radius 3 is 2.96 bits per heavy atom. The molecule has 0 radical (unpaired) electrons.